The number of hydrogen-bond donors (Lipinski definition) is 1. The van der Waals surface area contributed by atoms with Gasteiger partial charge in [-0.1, -0.05) is 32.6 Å². The fourth-order valence-corrected chi connectivity index (χ4v) is 2.14. The fraction of sp³-hybridized carbons (Fsp3) is 0.455. The van der Waals surface area contributed by atoms with Crippen LogP contribution < -0.4 is 5.32 Å². The molecule has 1 saturated heterocycles. The highest BCUT2D eigenvalue weighted by Gasteiger charge is 2.10. The van der Waals surface area contributed by atoms with Gasteiger partial charge in [0.15, 0.2) is 0 Å². The van der Waals surface area contributed by atoms with Crippen LogP contribution in [0.1, 0.15) is 13.8 Å². The summed E-state index contributed by atoms with van der Waals surface area (Å²) in [6.07, 6.45) is 6.19. The van der Waals surface area contributed by atoms with Crippen molar-refractivity contribution < 1.29 is 0 Å². The molecule has 0 saturated carbocycles. The van der Waals surface area contributed by atoms with Crippen LogP contribution in [0.4, 0.5) is 0 Å². The summed E-state index contributed by atoms with van der Waals surface area (Å²) in [6, 6.07) is 0. The first-order valence-corrected chi connectivity index (χ1v) is 5.64. The monoisotopic (exact) mass is 195 g/mol. The first-order chi connectivity index (χ1) is 6.24. The first kappa shape index (κ1) is 10.5. The molecular weight excluding hydrogens is 178 g/mol. The van der Waals surface area contributed by atoms with Crippen LogP contribution in [-0.2, 0) is 0 Å². The average Bonchev–Trinajstić information content (AvgIpc) is 2.08. The van der Waals surface area contributed by atoms with Gasteiger partial charge in [0.05, 0.1) is 0 Å². The van der Waals surface area contributed by atoms with E-state index in [0.29, 0.717) is 5.92 Å². The Morgan fingerprint density at radius 1 is 1.54 bits per heavy atom. The Hall–Kier alpha value is -0.630. The molecule has 72 valence electrons. The largest absolute Gasteiger partial charge is 0.384 e. The van der Waals surface area contributed by atoms with E-state index in [0.717, 1.165) is 12.3 Å². The van der Waals surface area contributed by atoms with Gasteiger partial charge in [-0.2, -0.15) is 0 Å². The van der Waals surface area contributed by atoms with Crippen LogP contribution in [0, 0.1) is 5.92 Å². The summed E-state index contributed by atoms with van der Waals surface area (Å²) in [4.78, 5) is 1.31. The maximum Gasteiger partial charge on any atom is 0.0440 e. The van der Waals surface area contributed by atoms with Crippen LogP contribution in [0.15, 0.2) is 35.4 Å². The molecule has 0 bridgehead atoms. The Bertz CT molecular complexity index is 238. The van der Waals surface area contributed by atoms with Gasteiger partial charge in [-0.15, -0.1) is 11.8 Å². The van der Waals surface area contributed by atoms with Crippen LogP contribution in [0.3, 0.4) is 0 Å². The first-order valence-electron chi connectivity index (χ1n) is 4.65. The van der Waals surface area contributed by atoms with Gasteiger partial charge in [0.1, 0.15) is 0 Å². The minimum atomic E-state index is 0.592. The lowest BCUT2D eigenvalue weighted by Crippen LogP contribution is -2.22. The average molecular weight is 195 g/mol. The number of hydrogen-bond acceptors (Lipinski definition) is 2. The number of rotatable bonds is 2. The van der Waals surface area contributed by atoms with E-state index < -0.39 is 0 Å². The third-order valence-corrected chi connectivity index (χ3v) is 2.79. The molecule has 1 aliphatic rings. The van der Waals surface area contributed by atoms with Crippen LogP contribution in [0.2, 0.25) is 0 Å². The minimum absolute atomic E-state index is 0.592. The van der Waals surface area contributed by atoms with E-state index in [2.05, 4.69) is 37.9 Å². The molecule has 0 radical (unpaired) electrons. The molecule has 1 aliphatic heterocycles. The van der Waals surface area contributed by atoms with Gasteiger partial charge in [-0.3, -0.25) is 0 Å². The number of nitrogens with one attached hydrogen (secondary N) is 1. The standard InChI is InChI=1S/C11H17NS/c1-4-5-11-10(8-9(2)3)12-6-7-13-11/h4-5,8-9,12H,1,6-7H2,2-3H3/b10-8+,11-5+. The molecule has 1 nitrogen and oxygen atoms in total. The van der Waals surface area contributed by atoms with Crippen LogP contribution in [0.25, 0.3) is 0 Å². The molecule has 0 spiro atoms. The lowest BCUT2D eigenvalue weighted by Gasteiger charge is -2.20. The second-order valence-corrected chi connectivity index (χ2v) is 4.50. The van der Waals surface area contributed by atoms with Crippen molar-refractivity contribution in [3.05, 3.63) is 35.4 Å². The molecule has 0 aliphatic carbocycles. The Morgan fingerprint density at radius 3 is 2.92 bits per heavy atom. The van der Waals surface area contributed by atoms with Gasteiger partial charge < -0.3 is 5.32 Å². The molecule has 1 fully saturated rings. The summed E-state index contributed by atoms with van der Waals surface area (Å²) in [5, 5.41) is 3.41. The van der Waals surface area contributed by atoms with E-state index >= 15 is 0 Å². The molecule has 0 unspecified atom stereocenters. The molecule has 0 amide bonds. The van der Waals surface area contributed by atoms with Crippen LogP contribution >= 0.6 is 11.8 Å². The van der Waals surface area contributed by atoms with Crippen molar-refractivity contribution in [2.75, 3.05) is 12.3 Å². The van der Waals surface area contributed by atoms with E-state index in [1.165, 1.54) is 10.6 Å². The molecule has 0 aromatic carbocycles. The molecular formula is C11H17NS. The highest BCUT2D eigenvalue weighted by Crippen LogP contribution is 2.26. The summed E-state index contributed by atoms with van der Waals surface area (Å²) in [6.45, 7) is 9.18. The maximum absolute atomic E-state index is 3.72. The maximum atomic E-state index is 3.72. The van der Waals surface area contributed by atoms with Crippen molar-refractivity contribution in [1.82, 2.24) is 5.32 Å². The molecule has 1 N–H and O–H groups in total. The van der Waals surface area contributed by atoms with E-state index in [-0.39, 0.29) is 0 Å². The predicted octanol–water partition coefficient (Wildman–Crippen LogP) is 2.93. The van der Waals surface area contributed by atoms with Crippen LogP contribution in [0.5, 0.6) is 0 Å². The summed E-state index contributed by atoms with van der Waals surface area (Å²) in [7, 11) is 0. The van der Waals surface area contributed by atoms with E-state index in [9.17, 15) is 0 Å². The molecule has 0 aromatic heterocycles. The normalized spacial score (nSPS) is 23.6. The zero-order valence-electron chi connectivity index (χ0n) is 8.34. The van der Waals surface area contributed by atoms with Crippen molar-refractivity contribution in [3.8, 4) is 0 Å². The topological polar surface area (TPSA) is 12.0 Å². The zero-order chi connectivity index (χ0) is 9.68. The van der Waals surface area contributed by atoms with Crippen molar-refractivity contribution in [3.63, 3.8) is 0 Å². The Kier molecular flexibility index (Phi) is 4.16. The molecule has 1 heterocycles. The Balaban J connectivity index is 2.78. The highest BCUT2D eigenvalue weighted by atomic mass is 32.2. The molecule has 0 aromatic rings. The SMILES string of the molecule is C=C/C=C1/SCCN/C1=C/C(C)C. The summed E-state index contributed by atoms with van der Waals surface area (Å²) >= 11 is 1.90. The smallest absolute Gasteiger partial charge is 0.0440 e. The quantitative estimate of drug-likeness (QED) is 0.727. The van der Waals surface area contributed by atoms with E-state index in [4.69, 9.17) is 0 Å². The number of thioether (sulfide) groups is 1. The van der Waals surface area contributed by atoms with Crippen molar-refractivity contribution >= 4 is 11.8 Å². The lowest BCUT2D eigenvalue weighted by atomic mass is 10.1. The third kappa shape index (κ3) is 3.31. The van der Waals surface area contributed by atoms with Crippen molar-refractivity contribution in [2.24, 2.45) is 5.92 Å². The van der Waals surface area contributed by atoms with Crippen molar-refractivity contribution in [2.45, 2.75) is 13.8 Å². The summed E-state index contributed by atoms with van der Waals surface area (Å²) < 4.78 is 0. The van der Waals surface area contributed by atoms with Gasteiger partial charge in [-0.05, 0) is 12.0 Å². The highest BCUT2D eigenvalue weighted by molar-refractivity contribution is 8.03. The van der Waals surface area contributed by atoms with E-state index in [1.807, 2.05) is 17.8 Å². The molecule has 13 heavy (non-hydrogen) atoms. The zero-order valence-corrected chi connectivity index (χ0v) is 9.16. The van der Waals surface area contributed by atoms with Gasteiger partial charge in [0, 0.05) is 22.9 Å². The summed E-state index contributed by atoms with van der Waals surface area (Å²) in [5.41, 5.74) is 1.27. The second kappa shape index (κ2) is 5.18. The lowest BCUT2D eigenvalue weighted by molar-refractivity contribution is 0.787. The van der Waals surface area contributed by atoms with E-state index in [1.54, 1.807) is 0 Å². The second-order valence-electron chi connectivity index (χ2n) is 3.37. The van der Waals surface area contributed by atoms with Gasteiger partial charge in [0.25, 0.3) is 0 Å². The Morgan fingerprint density at radius 2 is 2.31 bits per heavy atom. The number of allylic oxidation sites excluding steroid dienone is 3. The predicted molar refractivity (Wildman–Crippen MR) is 61.7 cm³/mol. The molecule has 0 atom stereocenters. The van der Waals surface area contributed by atoms with Gasteiger partial charge in [-0.25, -0.2) is 0 Å². The fourth-order valence-electron chi connectivity index (χ4n) is 1.23. The van der Waals surface area contributed by atoms with Crippen LogP contribution in [-0.4, -0.2) is 12.3 Å². The minimum Gasteiger partial charge on any atom is -0.384 e. The van der Waals surface area contributed by atoms with Crippen molar-refractivity contribution in [1.29, 1.82) is 0 Å². The Labute approximate surface area is 85.0 Å². The van der Waals surface area contributed by atoms with Gasteiger partial charge >= 0.3 is 0 Å². The summed E-state index contributed by atoms with van der Waals surface area (Å²) in [5.74, 6) is 1.74. The third-order valence-electron chi connectivity index (χ3n) is 1.71. The molecule has 2 heteroatoms. The molecule has 1 rings (SSSR count). The van der Waals surface area contributed by atoms with Gasteiger partial charge in [0.2, 0.25) is 0 Å².